The van der Waals surface area contributed by atoms with Gasteiger partial charge in [0.2, 0.25) is 0 Å². The Morgan fingerprint density at radius 3 is 2.62 bits per heavy atom. The fraction of sp³-hybridized carbons (Fsp3) is 1.00. The number of aliphatic hydroxyl groups is 1. The second kappa shape index (κ2) is 3.95. The Balaban J connectivity index is 2.49. The first-order valence-corrected chi connectivity index (χ1v) is 5.10. The van der Waals surface area contributed by atoms with Crippen molar-refractivity contribution in [3.8, 4) is 0 Å². The molecule has 1 heterocycles. The van der Waals surface area contributed by atoms with E-state index in [4.69, 9.17) is 5.73 Å². The van der Waals surface area contributed by atoms with Crippen LogP contribution in [-0.4, -0.2) is 41.3 Å². The SMILES string of the molecule is CC(O)C1CCN(C(C)(C)CN)C1. The molecule has 0 radical (unpaired) electrons. The normalized spacial score (nSPS) is 27.9. The van der Waals surface area contributed by atoms with Gasteiger partial charge >= 0.3 is 0 Å². The molecule has 0 amide bonds. The van der Waals surface area contributed by atoms with E-state index in [2.05, 4.69) is 18.7 Å². The molecule has 0 aromatic carbocycles. The largest absolute Gasteiger partial charge is 0.393 e. The highest BCUT2D eigenvalue weighted by molar-refractivity contribution is 4.89. The average molecular weight is 186 g/mol. The summed E-state index contributed by atoms with van der Waals surface area (Å²) in [5.41, 5.74) is 5.79. The topological polar surface area (TPSA) is 49.5 Å². The number of aliphatic hydroxyl groups excluding tert-OH is 1. The van der Waals surface area contributed by atoms with E-state index in [0.29, 0.717) is 12.5 Å². The molecule has 0 bridgehead atoms. The van der Waals surface area contributed by atoms with Gasteiger partial charge in [-0.05, 0) is 39.7 Å². The van der Waals surface area contributed by atoms with E-state index in [0.717, 1.165) is 19.5 Å². The lowest BCUT2D eigenvalue weighted by molar-refractivity contribution is 0.107. The molecule has 0 aromatic rings. The second-order valence-corrected chi connectivity index (χ2v) is 4.75. The van der Waals surface area contributed by atoms with Crippen LogP contribution in [0.2, 0.25) is 0 Å². The Labute approximate surface area is 80.9 Å². The lowest BCUT2D eigenvalue weighted by Crippen LogP contribution is -2.48. The molecule has 0 spiro atoms. The van der Waals surface area contributed by atoms with Crippen LogP contribution in [0.1, 0.15) is 27.2 Å². The maximum atomic E-state index is 9.45. The molecule has 13 heavy (non-hydrogen) atoms. The van der Waals surface area contributed by atoms with Crippen molar-refractivity contribution in [2.45, 2.75) is 38.8 Å². The number of nitrogens with zero attached hydrogens (tertiary/aromatic N) is 1. The van der Waals surface area contributed by atoms with Crippen molar-refractivity contribution in [2.24, 2.45) is 11.7 Å². The molecule has 0 aromatic heterocycles. The van der Waals surface area contributed by atoms with E-state index < -0.39 is 0 Å². The summed E-state index contributed by atoms with van der Waals surface area (Å²) in [5, 5.41) is 9.45. The summed E-state index contributed by atoms with van der Waals surface area (Å²) in [6, 6.07) is 0. The fourth-order valence-corrected chi connectivity index (χ4v) is 1.86. The molecule has 1 saturated heterocycles. The second-order valence-electron chi connectivity index (χ2n) is 4.75. The van der Waals surface area contributed by atoms with E-state index in [-0.39, 0.29) is 11.6 Å². The summed E-state index contributed by atoms with van der Waals surface area (Å²) in [7, 11) is 0. The first kappa shape index (κ1) is 11.0. The van der Waals surface area contributed by atoms with Crippen LogP contribution in [0.3, 0.4) is 0 Å². The van der Waals surface area contributed by atoms with Crippen molar-refractivity contribution in [1.29, 1.82) is 0 Å². The fourth-order valence-electron chi connectivity index (χ4n) is 1.86. The molecule has 1 aliphatic heterocycles. The molecule has 1 rings (SSSR count). The zero-order valence-corrected chi connectivity index (χ0v) is 8.95. The lowest BCUT2D eigenvalue weighted by atomic mass is 10.0. The molecule has 3 N–H and O–H groups in total. The molecule has 2 atom stereocenters. The predicted molar refractivity (Wildman–Crippen MR) is 54.5 cm³/mol. The van der Waals surface area contributed by atoms with E-state index in [1.807, 2.05) is 6.92 Å². The molecule has 78 valence electrons. The molecule has 1 aliphatic rings. The van der Waals surface area contributed by atoms with Crippen LogP contribution >= 0.6 is 0 Å². The first-order valence-electron chi connectivity index (χ1n) is 5.10. The smallest absolute Gasteiger partial charge is 0.0552 e. The summed E-state index contributed by atoms with van der Waals surface area (Å²) < 4.78 is 0. The number of hydrogen-bond acceptors (Lipinski definition) is 3. The van der Waals surface area contributed by atoms with Crippen LogP contribution in [0.5, 0.6) is 0 Å². The maximum Gasteiger partial charge on any atom is 0.0552 e. The van der Waals surface area contributed by atoms with Gasteiger partial charge in [-0.1, -0.05) is 0 Å². The molecule has 0 aliphatic carbocycles. The third-order valence-corrected chi connectivity index (χ3v) is 3.26. The van der Waals surface area contributed by atoms with Crippen molar-refractivity contribution in [3.63, 3.8) is 0 Å². The van der Waals surface area contributed by atoms with Crippen LogP contribution in [0.25, 0.3) is 0 Å². The number of rotatable bonds is 3. The van der Waals surface area contributed by atoms with Gasteiger partial charge in [-0.15, -0.1) is 0 Å². The summed E-state index contributed by atoms with van der Waals surface area (Å²) in [4.78, 5) is 2.38. The van der Waals surface area contributed by atoms with Gasteiger partial charge in [-0.3, -0.25) is 4.90 Å². The van der Waals surface area contributed by atoms with Gasteiger partial charge in [0.25, 0.3) is 0 Å². The summed E-state index contributed by atoms with van der Waals surface area (Å²) in [6.45, 7) is 8.94. The quantitative estimate of drug-likeness (QED) is 0.672. The zero-order valence-electron chi connectivity index (χ0n) is 8.95. The molecular weight excluding hydrogens is 164 g/mol. The Kier molecular flexibility index (Phi) is 3.33. The molecular formula is C10H22N2O. The minimum absolute atomic E-state index is 0.0869. The van der Waals surface area contributed by atoms with E-state index in [1.165, 1.54) is 0 Å². The zero-order chi connectivity index (χ0) is 10.1. The Morgan fingerprint density at radius 2 is 2.23 bits per heavy atom. The van der Waals surface area contributed by atoms with Gasteiger partial charge in [0.15, 0.2) is 0 Å². The van der Waals surface area contributed by atoms with Crippen LogP contribution in [-0.2, 0) is 0 Å². The minimum Gasteiger partial charge on any atom is -0.393 e. The van der Waals surface area contributed by atoms with Crippen LogP contribution in [0.4, 0.5) is 0 Å². The Hall–Kier alpha value is -0.120. The summed E-state index contributed by atoms with van der Waals surface area (Å²) >= 11 is 0. The van der Waals surface area contributed by atoms with Gasteiger partial charge in [-0.25, -0.2) is 0 Å². The first-order chi connectivity index (χ1) is 5.97. The number of hydrogen-bond donors (Lipinski definition) is 2. The Bertz CT molecular complexity index is 168. The molecule has 0 saturated carbocycles. The van der Waals surface area contributed by atoms with E-state index in [1.54, 1.807) is 0 Å². The highest BCUT2D eigenvalue weighted by atomic mass is 16.3. The van der Waals surface area contributed by atoms with Gasteiger partial charge in [0, 0.05) is 18.6 Å². The van der Waals surface area contributed by atoms with Gasteiger partial charge < -0.3 is 10.8 Å². The number of nitrogens with two attached hydrogens (primary N) is 1. The van der Waals surface area contributed by atoms with Gasteiger partial charge in [0.1, 0.15) is 0 Å². The van der Waals surface area contributed by atoms with E-state index in [9.17, 15) is 5.11 Å². The van der Waals surface area contributed by atoms with Gasteiger partial charge in [0.05, 0.1) is 6.10 Å². The van der Waals surface area contributed by atoms with Crippen molar-refractivity contribution >= 4 is 0 Å². The van der Waals surface area contributed by atoms with Crippen molar-refractivity contribution < 1.29 is 5.11 Å². The minimum atomic E-state index is -0.182. The molecule has 2 unspecified atom stereocenters. The average Bonchev–Trinajstić information content (AvgIpc) is 2.52. The monoisotopic (exact) mass is 186 g/mol. The van der Waals surface area contributed by atoms with E-state index >= 15 is 0 Å². The summed E-state index contributed by atoms with van der Waals surface area (Å²) in [6.07, 6.45) is 0.916. The van der Waals surface area contributed by atoms with Crippen molar-refractivity contribution in [1.82, 2.24) is 4.90 Å². The Morgan fingerprint density at radius 1 is 1.62 bits per heavy atom. The summed E-state index contributed by atoms with van der Waals surface area (Å²) in [5.74, 6) is 0.436. The highest BCUT2D eigenvalue weighted by Crippen LogP contribution is 2.25. The standard InChI is InChI=1S/C10H22N2O/c1-8(13)9-4-5-12(6-9)10(2,3)7-11/h8-9,13H,4-7,11H2,1-3H3. The molecule has 3 nitrogen and oxygen atoms in total. The van der Waals surface area contributed by atoms with Crippen molar-refractivity contribution in [3.05, 3.63) is 0 Å². The highest BCUT2D eigenvalue weighted by Gasteiger charge is 2.33. The van der Waals surface area contributed by atoms with Crippen LogP contribution in [0, 0.1) is 5.92 Å². The predicted octanol–water partition coefficient (Wildman–Crippen LogP) is 0.426. The molecule has 1 fully saturated rings. The van der Waals surface area contributed by atoms with Gasteiger partial charge in [-0.2, -0.15) is 0 Å². The third-order valence-electron chi connectivity index (χ3n) is 3.26. The van der Waals surface area contributed by atoms with Crippen LogP contribution < -0.4 is 5.73 Å². The van der Waals surface area contributed by atoms with Crippen LogP contribution in [0.15, 0.2) is 0 Å². The number of likely N-dealkylation sites (tertiary alicyclic amines) is 1. The third kappa shape index (κ3) is 2.42. The maximum absolute atomic E-state index is 9.45. The van der Waals surface area contributed by atoms with Crippen molar-refractivity contribution in [2.75, 3.05) is 19.6 Å². The molecule has 3 heteroatoms. The lowest BCUT2D eigenvalue weighted by Gasteiger charge is -2.34.